The minimum atomic E-state index is -0.0687. The lowest BCUT2D eigenvalue weighted by Gasteiger charge is -2.46. The van der Waals surface area contributed by atoms with Gasteiger partial charge < -0.3 is 19.3 Å². The van der Waals surface area contributed by atoms with Crippen molar-refractivity contribution in [2.45, 2.75) is 44.1 Å². The van der Waals surface area contributed by atoms with Crippen LogP contribution >= 0.6 is 0 Å². The Hall–Kier alpha value is -1.10. The van der Waals surface area contributed by atoms with Crippen LogP contribution in [0.4, 0.5) is 0 Å². The Balaban J connectivity index is 1.82. The maximum absolute atomic E-state index is 6.07. The highest BCUT2D eigenvalue weighted by Crippen LogP contribution is 2.46. The molecule has 1 atom stereocenters. The first kappa shape index (κ1) is 18.7. The van der Waals surface area contributed by atoms with E-state index < -0.39 is 0 Å². The maximum Gasteiger partial charge on any atom is 0.127 e. The number of benzene rings is 1. The molecule has 1 aromatic carbocycles. The highest BCUT2D eigenvalue weighted by Gasteiger charge is 2.44. The summed E-state index contributed by atoms with van der Waals surface area (Å²) in [5, 5.41) is 0. The fraction of sp³-hybridized carbons (Fsp3) is 0.714. The van der Waals surface area contributed by atoms with Crippen molar-refractivity contribution in [1.82, 2.24) is 0 Å². The van der Waals surface area contributed by atoms with E-state index in [4.69, 9.17) is 9.47 Å². The second-order valence-electron chi connectivity index (χ2n) is 8.72. The van der Waals surface area contributed by atoms with Crippen molar-refractivity contribution >= 4 is 0 Å². The summed E-state index contributed by atoms with van der Waals surface area (Å²) in [4.78, 5) is 3.44. The summed E-state index contributed by atoms with van der Waals surface area (Å²) in [6, 6.07) is 8.64. The maximum atomic E-state index is 6.07. The number of ether oxygens (including phenoxy) is 2. The van der Waals surface area contributed by atoms with Gasteiger partial charge in [0.05, 0.1) is 26.3 Å². The van der Waals surface area contributed by atoms with E-state index >= 15 is 0 Å². The number of methoxy groups -OCH3 is 1. The highest BCUT2D eigenvalue weighted by molar-refractivity contribution is 5.40. The molecule has 1 aromatic rings. The molecule has 2 aliphatic heterocycles. The molecule has 140 valence electrons. The van der Waals surface area contributed by atoms with E-state index in [1.807, 2.05) is 0 Å². The quantitative estimate of drug-likeness (QED) is 0.802. The largest absolute Gasteiger partial charge is 0.496 e. The Labute approximate surface area is 153 Å². The van der Waals surface area contributed by atoms with Crippen LogP contribution in [-0.4, -0.2) is 59.1 Å². The minimum Gasteiger partial charge on any atom is -0.496 e. The van der Waals surface area contributed by atoms with Crippen molar-refractivity contribution in [2.75, 3.05) is 53.5 Å². The number of piperazine rings is 1. The summed E-state index contributed by atoms with van der Waals surface area (Å²) in [6.45, 7) is 11.8. The van der Waals surface area contributed by atoms with Crippen molar-refractivity contribution in [3.8, 4) is 5.75 Å². The van der Waals surface area contributed by atoms with E-state index in [2.05, 4.69) is 45.2 Å². The molecule has 3 rings (SSSR count). The molecule has 4 nitrogen and oxygen atoms in total. The molecule has 0 radical (unpaired) electrons. The Morgan fingerprint density at radius 2 is 1.84 bits per heavy atom. The minimum absolute atomic E-state index is 0.0687. The molecule has 0 amide bonds. The fourth-order valence-electron chi connectivity index (χ4n) is 4.83. The molecule has 2 fully saturated rings. The summed E-state index contributed by atoms with van der Waals surface area (Å²) in [5.41, 5.74) is 1.48. The van der Waals surface area contributed by atoms with Crippen LogP contribution in [0.15, 0.2) is 24.3 Å². The molecule has 2 heterocycles. The van der Waals surface area contributed by atoms with Crippen molar-refractivity contribution in [1.29, 1.82) is 0 Å². The lowest BCUT2D eigenvalue weighted by atomic mass is 9.67. The van der Waals surface area contributed by atoms with Gasteiger partial charge in [0.25, 0.3) is 0 Å². The van der Waals surface area contributed by atoms with Gasteiger partial charge in [0.1, 0.15) is 31.9 Å². The normalized spacial score (nSPS) is 32.3. The van der Waals surface area contributed by atoms with Gasteiger partial charge in [-0.25, -0.2) is 0 Å². The summed E-state index contributed by atoms with van der Waals surface area (Å²) in [7, 11) is 4.11. The molecule has 2 aliphatic rings. The standard InChI is InChI=1S/C21H34N2O2/c1-20(2)17-21(10-16-25-20,18-7-5-6-8-19(18)24-4)9-11-23-14-12-22(3)13-15-23/h5-8H,9-17H2,1-4H3/p+2/t21-/m0/s1. The lowest BCUT2D eigenvalue weighted by molar-refractivity contribution is -1.00. The first-order valence-corrected chi connectivity index (χ1v) is 9.86. The van der Waals surface area contributed by atoms with Gasteiger partial charge in [-0.15, -0.1) is 0 Å². The van der Waals surface area contributed by atoms with Crippen molar-refractivity contribution < 1.29 is 19.3 Å². The van der Waals surface area contributed by atoms with Crippen LogP contribution < -0.4 is 14.5 Å². The van der Waals surface area contributed by atoms with E-state index in [0.717, 1.165) is 25.2 Å². The number of para-hydroxylation sites is 1. The average molecular weight is 349 g/mol. The SMILES string of the molecule is COc1ccccc1[C@@]1(CC[NH+]2CC[NH+](C)CC2)CCOC(C)(C)C1. The first-order valence-electron chi connectivity index (χ1n) is 9.86. The molecular formula is C21H36N2O2+2. The second kappa shape index (κ2) is 7.65. The van der Waals surface area contributed by atoms with Gasteiger partial charge in [-0.1, -0.05) is 18.2 Å². The van der Waals surface area contributed by atoms with Crippen LogP contribution in [0.2, 0.25) is 0 Å². The van der Waals surface area contributed by atoms with Crippen LogP contribution in [0, 0.1) is 0 Å². The average Bonchev–Trinajstić information content (AvgIpc) is 2.60. The molecule has 0 aliphatic carbocycles. The number of likely N-dealkylation sites (N-methyl/N-ethyl adjacent to an activating group) is 1. The zero-order valence-electron chi connectivity index (χ0n) is 16.5. The topological polar surface area (TPSA) is 27.3 Å². The monoisotopic (exact) mass is 348 g/mol. The van der Waals surface area contributed by atoms with Gasteiger partial charge in [0.15, 0.2) is 0 Å². The molecule has 0 aromatic heterocycles. The predicted octanol–water partition coefficient (Wildman–Crippen LogP) is 0.325. The van der Waals surface area contributed by atoms with E-state index in [1.54, 1.807) is 16.9 Å². The Morgan fingerprint density at radius 3 is 2.52 bits per heavy atom. The van der Waals surface area contributed by atoms with Crippen LogP contribution in [0.3, 0.4) is 0 Å². The number of rotatable bonds is 5. The second-order valence-corrected chi connectivity index (χ2v) is 8.72. The van der Waals surface area contributed by atoms with E-state index in [9.17, 15) is 0 Å². The van der Waals surface area contributed by atoms with E-state index in [-0.39, 0.29) is 11.0 Å². The van der Waals surface area contributed by atoms with Gasteiger partial charge in [0, 0.05) is 24.0 Å². The van der Waals surface area contributed by atoms with Crippen LogP contribution in [0.5, 0.6) is 5.75 Å². The molecule has 0 spiro atoms. The molecule has 0 bridgehead atoms. The summed E-state index contributed by atoms with van der Waals surface area (Å²) < 4.78 is 11.8. The molecular weight excluding hydrogens is 312 g/mol. The number of quaternary nitrogens is 2. The Bertz CT molecular complexity index is 567. The lowest BCUT2D eigenvalue weighted by Crippen LogP contribution is -3.27. The molecule has 0 saturated carbocycles. The fourth-order valence-corrected chi connectivity index (χ4v) is 4.83. The molecule has 0 unspecified atom stereocenters. The van der Waals surface area contributed by atoms with E-state index in [0.29, 0.717) is 0 Å². The number of hydrogen-bond acceptors (Lipinski definition) is 2. The summed E-state index contributed by atoms with van der Waals surface area (Å²) in [6.07, 6.45) is 3.38. The smallest absolute Gasteiger partial charge is 0.127 e. The molecule has 25 heavy (non-hydrogen) atoms. The van der Waals surface area contributed by atoms with Crippen molar-refractivity contribution in [3.63, 3.8) is 0 Å². The van der Waals surface area contributed by atoms with Gasteiger partial charge in [-0.3, -0.25) is 0 Å². The third-order valence-electron chi connectivity index (χ3n) is 6.28. The van der Waals surface area contributed by atoms with E-state index in [1.165, 1.54) is 44.7 Å². The highest BCUT2D eigenvalue weighted by atomic mass is 16.5. The molecule has 2 saturated heterocycles. The molecule has 2 N–H and O–H groups in total. The third-order valence-corrected chi connectivity index (χ3v) is 6.28. The molecule has 4 heteroatoms. The third kappa shape index (κ3) is 4.36. The van der Waals surface area contributed by atoms with Gasteiger partial charge in [-0.05, 0) is 32.8 Å². The zero-order valence-corrected chi connectivity index (χ0v) is 16.5. The van der Waals surface area contributed by atoms with Crippen molar-refractivity contribution in [2.24, 2.45) is 0 Å². The predicted molar refractivity (Wildman–Crippen MR) is 101 cm³/mol. The number of hydrogen-bond donors (Lipinski definition) is 2. The Kier molecular flexibility index (Phi) is 5.71. The summed E-state index contributed by atoms with van der Waals surface area (Å²) in [5.74, 6) is 1.04. The zero-order chi connectivity index (χ0) is 17.9. The van der Waals surface area contributed by atoms with Gasteiger partial charge in [-0.2, -0.15) is 0 Å². The van der Waals surface area contributed by atoms with Crippen LogP contribution in [-0.2, 0) is 10.2 Å². The van der Waals surface area contributed by atoms with Crippen molar-refractivity contribution in [3.05, 3.63) is 29.8 Å². The van der Waals surface area contributed by atoms with Crippen LogP contribution in [0.1, 0.15) is 38.7 Å². The van der Waals surface area contributed by atoms with Crippen LogP contribution in [0.25, 0.3) is 0 Å². The Morgan fingerprint density at radius 1 is 1.12 bits per heavy atom. The first-order chi connectivity index (χ1) is 11.9. The number of nitrogens with one attached hydrogen (secondary N) is 2. The van der Waals surface area contributed by atoms with Gasteiger partial charge in [0.2, 0.25) is 0 Å². The summed E-state index contributed by atoms with van der Waals surface area (Å²) >= 11 is 0. The van der Waals surface area contributed by atoms with Gasteiger partial charge >= 0.3 is 0 Å².